The maximum absolute atomic E-state index is 11.0. The van der Waals surface area contributed by atoms with Crippen molar-refractivity contribution in [2.45, 2.75) is 25.8 Å². The first kappa shape index (κ1) is 15.0. The number of carboxylic acid groups (broad SMARTS) is 1. The van der Waals surface area contributed by atoms with E-state index < -0.39 is 18.0 Å². The third-order valence-electron chi connectivity index (χ3n) is 2.22. The van der Waals surface area contributed by atoms with Crippen LogP contribution >= 0.6 is 0 Å². The molecule has 0 bridgehead atoms. The van der Waals surface area contributed by atoms with Crippen molar-refractivity contribution in [1.29, 1.82) is 0 Å². The lowest BCUT2D eigenvalue weighted by Crippen LogP contribution is -2.47. The Hall–Kier alpha value is -1.99. The average Bonchev–Trinajstić information content (AvgIpc) is 2.21. The highest BCUT2D eigenvalue weighted by molar-refractivity contribution is 5.81. The van der Waals surface area contributed by atoms with E-state index in [-0.39, 0.29) is 18.9 Å². The van der Waals surface area contributed by atoms with Gasteiger partial charge in [0.25, 0.3) is 0 Å². The van der Waals surface area contributed by atoms with Gasteiger partial charge in [0, 0.05) is 13.1 Å². The number of rotatable bonds is 7. The van der Waals surface area contributed by atoms with Gasteiger partial charge in [-0.2, -0.15) is 0 Å². The van der Waals surface area contributed by atoms with Crippen LogP contribution in [0, 0.1) is 0 Å². The SMILES string of the molecule is CCN(C(N)=O)[C@@H](CCCN=C(N)N)C(=O)O. The summed E-state index contributed by atoms with van der Waals surface area (Å²) >= 11 is 0. The molecular formula is C9H19N5O3. The minimum atomic E-state index is -1.09. The molecule has 0 aliphatic heterocycles. The number of likely N-dealkylation sites (N-methyl/N-ethyl adjacent to an activating group) is 1. The lowest BCUT2D eigenvalue weighted by Gasteiger charge is -2.25. The number of urea groups is 1. The second-order valence-corrected chi connectivity index (χ2v) is 3.43. The fourth-order valence-corrected chi connectivity index (χ4v) is 1.44. The van der Waals surface area contributed by atoms with Gasteiger partial charge in [-0.15, -0.1) is 0 Å². The molecule has 8 heteroatoms. The fourth-order valence-electron chi connectivity index (χ4n) is 1.44. The van der Waals surface area contributed by atoms with Gasteiger partial charge in [0.1, 0.15) is 6.04 Å². The van der Waals surface area contributed by atoms with Crippen molar-refractivity contribution in [3.05, 3.63) is 0 Å². The monoisotopic (exact) mass is 245 g/mol. The first-order valence-electron chi connectivity index (χ1n) is 5.24. The predicted octanol–water partition coefficient (Wildman–Crippen LogP) is -1.11. The molecule has 0 radical (unpaired) electrons. The smallest absolute Gasteiger partial charge is 0.326 e. The first-order valence-corrected chi connectivity index (χ1v) is 5.24. The van der Waals surface area contributed by atoms with E-state index in [0.29, 0.717) is 13.0 Å². The number of hydrogen-bond acceptors (Lipinski definition) is 3. The first-order chi connectivity index (χ1) is 7.90. The molecule has 98 valence electrons. The summed E-state index contributed by atoms with van der Waals surface area (Å²) < 4.78 is 0. The highest BCUT2D eigenvalue weighted by atomic mass is 16.4. The summed E-state index contributed by atoms with van der Waals surface area (Å²) in [6.07, 6.45) is 0.710. The molecule has 0 spiro atoms. The van der Waals surface area contributed by atoms with Crippen molar-refractivity contribution in [1.82, 2.24) is 4.90 Å². The van der Waals surface area contributed by atoms with Gasteiger partial charge in [0.15, 0.2) is 5.96 Å². The van der Waals surface area contributed by atoms with Crippen molar-refractivity contribution in [3.8, 4) is 0 Å². The van der Waals surface area contributed by atoms with Gasteiger partial charge in [0.2, 0.25) is 0 Å². The number of carbonyl (C=O) groups is 2. The normalized spacial score (nSPS) is 11.6. The number of nitrogens with two attached hydrogens (primary N) is 3. The number of amides is 2. The molecule has 1 atom stereocenters. The summed E-state index contributed by atoms with van der Waals surface area (Å²) in [6, 6.07) is -1.69. The molecular weight excluding hydrogens is 226 g/mol. The zero-order valence-electron chi connectivity index (χ0n) is 9.80. The summed E-state index contributed by atoms with van der Waals surface area (Å²) in [6.45, 7) is 2.23. The number of guanidine groups is 1. The van der Waals surface area contributed by atoms with Crippen LogP contribution in [0.3, 0.4) is 0 Å². The summed E-state index contributed by atoms with van der Waals surface area (Å²) in [5.74, 6) is -1.13. The Morgan fingerprint density at radius 3 is 2.29 bits per heavy atom. The van der Waals surface area contributed by atoms with Gasteiger partial charge in [-0.25, -0.2) is 9.59 Å². The zero-order chi connectivity index (χ0) is 13.4. The number of primary amides is 1. The van der Waals surface area contributed by atoms with Gasteiger partial charge in [-0.3, -0.25) is 4.99 Å². The third-order valence-corrected chi connectivity index (χ3v) is 2.22. The van der Waals surface area contributed by atoms with E-state index in [1.165, 1.54) is 0 Å². The van der Waals surface area contributed by atoms with Gasteiger partial charge >= 0.3 is 12.0 Å². The lowest BCUT2D eigenvalue weighted by molar-refractivity contribution is -0.142. The molecule has 0 aromatic carbocycles. The number of carboxylic acids is 1. The Balaban J connectivity index is 4.39. The van der Waals surface area contributed by atoms with Crippen molar-refractivity contribution in [3.63, 3.8) is 0 Å². The number of aliphatic carboxylic acids is 1. The second-order valence-electron chi connectivity index (χ2n) is 3.43. The van der Waals surface area contributed by atoms with Crippen molar-refractivity contribution in [2.24, 2.45) is 22.2 Å². The Labute approximate surface area is 99.5 Å². The zero-order valence-corrected chi connectivity index (χ0v) is 9.80. The number of carbonyl (C=O) groups excluding carboxylic acids is 1. The Morgan fingerprint density at radius 2 is 1.94 bits per heavy atom. The van der Waals surface area contributed by atoms with E-state index in [2.05, 4.69) is 4.99 Å². The van der Waals surface area contributed by atoms with Gasteiger partial charge < -0.3 is 27.2 Å². The second kappa shape index (κ2) is 7.31. The maximum atomic E-state index is 11.0. The Kier molecular flexibility index (Phi) is 6.46. The molecule has 0 aromatic rings. The van der Waals surface area contributed by atoms with E-state index in [1.54, 1.807) is 6.92 Å². The number of hydrogen-bond donors (Lipinski definition) is 4. The molecule has 0 saturated heterocycles. The molecule has 0 aromatic heterocycles. The van der Waals surface area contributed by atoms with Gasteiger partial charge in [-0.05, 0) is 19.8 Å². The number of nitrogens with zero attached hydrogens (tertiary/aromatic N) is 2. The maximum Gasteiger partial charge on any atom is 0.326 e. The van der Waals surface area contributed by atoms with Crippen LogP contribution in [0.2, 0.25) is 0 Å². The van der Waals surface area contributed by atoms with Crippen LogP contribution < -0.4 is 17.2 Å². The summed E-state index contributed by atoms with van der Waals surface area (Å²) in [5.41, 5.74) is 15.4. The van der Waals surface area contributed by atoms with Gasteiger partial charge in [0.05, 0.1) is 0 Å². The Bertz CT molecular complexity index is 301. The standard InChI is InChI=1S/C9H19N5O3/c1-2-14(9(12)17)6(7(15)16)4-3-5-13-8(10)11/h6H,2-5H2,1H3,(H2,12,17)(H,15,16)(H4,10,11,13)/t6-/m0/s1. The summed E-state index contributed by atoms with van der Waals surface area (Å²) in [7, 11) is 0. The molecule has 0 unspecified atom stereocenters. The van der Waals surface area contributed by atoms with Crippen molar-refractivity contribution in [2.75, 3.05) is 13.1 Å². The highest BCUT2D eigenvalue weighted by Crippen LogP contribution is 2.07. The van der Waals surface area contributed by atoms with E-state index in [0.717, 1.165) is 4.90 Å². The van der Waals surface area contributed by atoms with Crippen LogP contribution in [0.5, 0.6) is 0 Å². The minimum absolute atomic E-state index is 0.0425. The average molecular weight is 245 g/mol. The Morgan fingerprint density at radius 1 is 1.35 bits per heavy atom. The van der Waals surface area contributed by atoms with Crippen LogP contribution in [0.15, 0.2) is 4.99 Å². The predicted molar refractivity (Wildman–Crippen MR) is 63.3 cm³/mol. The molecule has 0 aliphatic rings. The van der Waals surface area contributed by atoms with Crippen LogP contribution in [0.25, 0.3) is 0 Å². The number of aliphatic imine (C=N–C) groups is 1. The van der Waals surface area contributed by atoms with Gasteiger partial charge in [-0.1, -0.05) is 0 Å². The van der Waals surface area contributed by atoms with E-state index in [9.17, 15) is 9.59 Å². The van der Waals surface area contributed by atoms with Crippen molar-refractivity contribution >= 4 is 18.0 Å². The van der Waals surface area contributed by atoms with Crippen molar-refractivity contribution < 1.29 is 14.7 Å². The molecule has 2 amide bonds. The third kappa shape index (κ3) is 5.59. The molecule has 8 nitrogen and oxygen atoms in total. The topological polar surface area (TPSA) is 148 Å². The minimum Gasteiger partial charge on any atom is -0.480 e. The van der Waals surface area contributed by atoms with E-state index in [1.807, 2.05) is 0 Å². The van der Waals surface area contributed by atoms with Crippen LogP contribution in [0.1, 0.15) is 19.8 Å². The highest BCUT2D eigenvalue weighted by Gasteiger charge is 2.26. The largest absolute Gasteiger partial charge is 0.480 e. The molecule has 0 heterocycles. The summed E-state index contributed by atoms with van der Waals surface area (Å²) in [4.78, 5) is 26.9. The summed E-state index contributed by atoms with van der Waals surface area (Å²) in [5, 5.41) is 9.00. The molecule has 0 aliphatic carbocycles. The molecule has 0 fully saturated rings. The van der Waals surface area contributed by atoms with Crippen LogP contribution in [0.4, 0.5) is 4.79 Å². The quantitative estimate of drug-likeness (QED) is 0.255. The van der Waals surface area contributed by atoms with E-state index in [4.69, 9.17) is 22.3 Å². The molecule has 0 saturated carbocycles. The van der Waals surface area contributed by atoms with Crippen LogP contribution in [-0.4, -0.2) is 47.1 Å². The molecule has 0 rings (SSSR count). The lowest BCUT2D eigenvalue weighted by atomic mass is 10.1. The molecule has 17 heavy (non-hydrogen) atoms. The fraction of sp³-hybridized carbons (Fsp3) is 0.667. The van der Waals surface area contributed by atoms with Crippen LogP contribution in [-0.2, 0) is 4.79 Å². The molecule has 7 N–H and O–H groups in total. The van der Waals surface area contributed by atoms with E-state index >= 15 is 0 Å².